The lowest BCUT2D eigenvalue weighted by Gasteiger charge is -2.09. The van der Waals surface area contributed by atoms with E-state index >= 15 is 0 Å². The van der Waals surface area contributed by atoms with Crippen molar-refractivity contribution in [2.45, 2.75) is 11.1 Å². The maximum Gasteiger partial charge on any atom is 0.419 e. The maximum absolute atomic E-state index is 12.2. The molecule has 0 atom stereocenters. The zero-order valence-electron chi connectivity index (χ0n) is 7.12. The molecule has 0 radical (unpaired) electrons. The molecule has 0 spiro atoms. The molecule has 1 rings (SSSR count). The lowest BCUT2D eigenvalue weighted by molar-refractivity contribution is -0.138. The number of aromatic hydroxyl groups is 1. The van der Waals surface area contributed by atoms with Crippen LogP contribution in [0.15, 0.2) is 23.1 Å². The van der Waals surface area contributed by atoms with Crippen LogP contribution in [-0.2, 0) is 16.2 Å². The Morgan fingerprint density at radius 1 is 1.27 bits per heavy atom. The van der Waals surface area contributed by atoms with Gasteiger partial charge in [-0.3, -0.25) is 0 Å². The van der Waals surface area contributed by atoms with Gasteiger partial charge >= 0.3 is 6.18 Å². The van der Waals surface area contributed by atoms with Gasteiger partial charge in [0.2, 0.25) is 10.0 Å². The number of nitrogens with two attached hydrogens (primary N) is 1. The Morgan fingerprint density at radius 2 is 1.80 bits per heavy atom. The second kappa shape index (κ2) is 3.38. The minimum Gasteiger partial charge on any atom is -0.507 e. The van der Waals surface area contributed by atoms with E-state index in [1.54, 1.807) is 0 Å². The second-order valence-electron chi connectivity index (χ2n) is 2.72. The van der Waals surface area contributed by atoms with E-state index in [0.717, 1.165) is 6.07 Å². The summed E-state index contributed by atoms with van der Waals surface area (Å²) in [6, 6.07) is 1.70. The first-order chi connectivity index (χ1) is 6.62. The molecule has 15 heavy (non-hydrogen) atoms. The molecule has 0 heterocycles. The molecule has 0 aliphatic heterocycles. The van der Waals surface area contributed by atoms with Gasteiger partial charge in [-0.15, -0.1) is 0 Å². The van der Waals surface area contributed by atoms with Gasteiger partial charge in [0.05, 0.1) is 10.5 Å². The molecule has 0 saturated carbocycles. The van der Waals surface area contributed by atoms with Gasteiger partial charge < -0.3 is 5.11 Å². The molecule has 4 nitrogen and oxygen atoms in total. The van der Waals surface area contributed by atoms with Gasteiger partial charge in [0.25, 0.3) is 0 Å². The molecular formula is C7H6F3NO3S. The van der Waals surface area contributed by atoms with Crippen LogP contribution in [0.1, 0.15) is 5.56 Å². The Morgan fingerprint density at radius 3 is 2.20 bits per heavy atom. The fraction of sp³-hybridized carbons (Fsp3) is 0.143. The topological polar surface area (TPSA) is 80.4 Å². The maximum atomic E-state index is 12.2. The molecule has 0 saturated heterocycles. The largest absolute Gasteiger partial charge is 0.507 e. The van der Waals surface area contributed by atoms with Crippen LogP contribution in [0.5, 0.6) is 5.75 Å². The number of phenolic OH excluding ortho intramolecular Hbond substituents is 1. The quantitative estimate of drug-likeness (QED) is 0.771. The SMILES string of the molecule is NS(=O)(=O)c1ccc(O)c(C(F)(F)F)c1. The molecule has 0 fully saturated rings. The number of halogens is 3. The molecule has 0 unspecified atom stereocenters. The summed E-state index contributed by atoms with van der Waals surface area (Å²) in [5.41, 5.74) is -1.44. The zero-order valence-corrected chi connectivity index (χ0v) is 7.93. The summed E-state index contributed by atoms with van der Waals surface area (Å²) >= 11 is 0. The number of hydrogen-bond acceptors (Lipinski definition) is 3. The van der Waals surface area contributed by atoms with Crippen LogP contribution < -0.4 is 5.14 Å². The predicted molar refractivity (Wildman–Crippen MR) is 44.5 cm³/mol. The molecular weight excluding hydrogens is 235 g/mol. The summed E-state index contributed by atoms with van der Waals surface area (Å²) in [6.07, 6.45) is -4.83. The minimum atomic E-state index is -4.83. The Hall–Kier alpha value is -1.28. The smallest absolute Gasteiger partial charge is 0.419 e. The van der Waals surface area contributed by atoms with Crippen molar-refractivity contribution in [3.05, 3.63) is 23.8 Å². The average Bonchev–Trinajstić information content (AvgIpc) is 2.00. The van der Waals surface area contributed by atoms with Gasteiger partial charge in [0.1, 0.15) is 5.75 Å². The van der Waals surface area contributed by atoms with Crippen molar-refractivity contribution in [2.75, 3.05) is 0 Å². The third kappa shape index (κ3) is 2.60. The highest BCUT2D eigenvalue weighted by atomic mass is 32.2. The molecule has 1 aromatic carbocycles. The number of rotatable bonds is 1. The number of phenols is 1. The van der Waals surface area contributed by atoms with E-state index in [-0.39, 0.29) is 6.07 Å². The minimum absolute atomic E-state index is 0.282. The van der Waals surface area contributed by atoms with Crippen molar-refractivity contribution in [3.63, 3.8) is 0 Å². The van der Waals surface area contributed by atoms with E-state index in [0.29, 0.717) is 6.07 Å². The van der Waals surface area contributed by atoms with Crippen LogP contribution in [0.3, 0.4) is 0 Å². The first kappa shape index (κ1) is 11.8. The number of sulfonamides is 1. The normalized spacial score (nSPS) is 12.8. The highest BCUT2D eigenvalue weighted by Gasteiger charge is 2.34. The molecule has 0 aliphatic carbocycles. The van der Waals surface area contributed by atoms with E-state index in [4.69, 9.17) is 5.11 Å². The Bertz CT molecular complexity index is 481. The van der Waals surface area contributed by atoms with Crippen LogP contribution in [-0.4, -0.2) is 13.5 Å². The summed E-state index contributed by atoms with van der Waals surface area (Å²) in [4.78, 5) is -0.701. The summed E-state index contributed by atoms with van der Waals surface area (Å²) in [5.74, 6) is -1.05. The molecule has 0 bridgehead atoms. The number of hydrogen-bond donors (Lipinski definition) is 2. The second-order valence-corrected chi connectivity index (χ2v) is 4.28. The van der Waals surface area contributed by atoms with Gasteiger partial charge in [0, 0.05) is 0 Å². The standard InChI is InChI=1S/C7H6F3NO3S/c8-7(9,10)5-3-4(15(11,13)14)1-2-6(5)12/h1-3,12H,(H2,11,13,14). The molecule has 84 valence electrons. The Balaban J connectivity index is 3.43. The molecule has 0 amide bonds. The molecule has 0 aliphatic rings. The average molecular weight is 241 g/mol. The van der Waals surface area contributed by atoms with E-state index in [1.165, 1.54) is 0 Å². The van der Waals surface area contributed by atoms with Crippen molar-refractivity contribution < 1.29 is 26.7 Å². The number of benzene rings is 1. The third-order valence-corrected chi connectivity index (χ3v) is 2.51. The summed E-state index contributed by atoms with van der Waals surface area (Å²) in [5, 5.41) is 13.5. The predicted octanol–water partition coefficient (Wildman–Crippen LogP) is 1.06. The van der Waals surface area contributed by atoms with Crippen molar-refractivity contribution in [1.29, 1.82) is 0 Å². The van der Waals surface area contributed by atoms with Crippen LogP contribution in [0.4, 0.5) is 13.2 Å². The van der Waals surface area contributed by atoms with Crippen molar-refractivity contribution >= 4 is 10.0 Å². The summed E-state index contributed by atoms with van der Waals surface area (Å²) < 4.78 is 58.2. The van der Waals surface area contributed by atoms with Crippen LogP contribution in [0, 0.1) is 0 Å². The van der Waals surface area contributed by atoms with Gasteiger partial charge in [-0.1, -0.05) is 0 Å². The zero-order chi connectivity index (χ0) is 11.9. The van der Waals surface area contributed by atoms with E-state index in [1.807, 2.05) is 0 Å². The third-order valence-electron chi connectivity index (χ3n) is 1.60. The molecule has 0 aromatic heterocycles. The van der Waals surface area contributed by atoms with E-state index in [9.17, 15) is 21.6 Å². The Kier molecular flexibility index (Phi) is 2.66. The van der Waals surface area contributed by atoms with E-state index in [2.05, 4.69) is 5.14 Å². The van der Waals surface area contributed by atoms with Crippen LogP contribution in [0.25, 0.3) is 0 Å². The van der Waals surface area contributed by atoms with Gasteiger partial charge in [-0.2, -0.15) is 13.2 Å². The number of alkyl halides is 3. The first-order valence-electron chi connectivity index (χ1n) is 3.55. The summed E-state index contributed by atoms with van der Waals surface area (Å²) in [7, 11) is -4.21. The van der Waals surface area contributed by atoms with E-state index < -0.39 is 32.4 Å². The lowest BCUT2D eigenvalue weighted by Crippen LogP contribution is -2.14. The summed E-state index contributed by atoms with van der Waals surface area (Å²) in [6.45, 7) is 0. The highest BCUT2D eigenvalue weighted by molar-refractivity contribution is 7.89. The molecule has 1 aromatic rings. The van der Waals surface area contributed by atoms with Crippen molar-refractivity contribution in [1.82, 2.24) is 0 Å². The van der Waals surface area contributed by atoms with Crippen molar-refractivity contribution in [3.8, 4) is 5.75 Å². The fourth-order valence-corrected chi connectivity index (χ4v) is 1.46. The van der Waals surface area contributed by atoms with Crippen LogP contribution in [0.2, 0.25) is 0 Å². The van der Waals surface area contributed by atoms with Gasteiger partial charge in [-0.05, 0) is 18.2 Å². The fourth-order valence-electron chi connectivity index (χ4n) is 0.919. The monoisotopic (exact) mass is 241 g/mol. The van der Waals surface area contributed by atoms with Crippen molar-refractivity contribution in [2.24, 2.45) is 5.14 Å². The van der Waals surface area contributed by atoms with Gasteiger partial charge in [0.15, 0.2) is 0 Å². The molecule has 8 heteroatoms. The van der Waals surface area contributed by atoms with Gasteiger partial charge in [-0.25, -0.2) is 13.6 Å². The lowest BCUT2D eigenvalue weighted by atomic mass is 10.2. The first-order valence-corrected chi connectivity index (χ1v) is 5.10. The Labute approximate surface area is 83.2 Å². The molecule has 3 N–H and O–H groups in total. The highest BCUT2D eigenvalue weighted by Crippen LogP contribution is 2.36. The number of primary sulfonamides is 1. The van der Waals surface area contributed by atoms with Crippen LogP contribution >= 0.6 is 0 Å².